The first-order valence-electron chi connectivity index (χ1n) is 9.10. The molecule has 3 rings (SSSR count). The molecular weight excluding hydrogens is 296 g/mol. The molecule has 3 unspecified atom stereocenters. The maximum atomic E-state index is 10.8. The van der Waals surface area contributed by atoms with Crippen LogP contribution in [-0.2, 0) is 9.47 Å². The third-order valence-corrected chi connectivity index (χ3v) is 6.35. The van der Waals surface area contributed by atoms with Gasteiger partial charge in [0.1, 0.15) is 6.10 Å². The van der Waals surface area contributed by atoms with Crippen molar-refractivity contribution in [2.24, 2.45) is 11.3 Å². The normalized spacial score (nSPS) is 48.9. The molecule has 5 heteroatoms. The zero-order valence-corrected chi connectivity index (χ0v) is 15.0. The van der Waals surface area contributed by atoms with E-state index in [0.717, 1.165) is 38.5 Å². The van der Waals surface area contributed by atoms with Gasteiger partial charge in [0.25, 0.3) is 0 Å². The van der Waals surface area contributed by atoms with E-state index in [2.05, 4.69) is 20.8 Å². The van der Waals surface area contributed by atoms with Gasteiger partial charge in [-0.2, -0.15) is 0 Å². The van der Waals surface area contributed by atoms with Crippen LogP contribution in [0.2, 0.25) is 0 Å². The quantitative estimate of drug-likeness (QED) is 0.739. The van der Waals surface area contributed by atoms with Gasteiger partial charge in [0.15, 0.2) is 6.29 Å². The Kier molecular flexibility index (Phi) is 6.12. The summed E-state index contributed by atoms with van der Waals surface area (Å²) >= 11 is 0. The summed E-state index contributed by atoms with van der Waals surface area (Å²) in [6, 6.07) is 0. The summed E-state index contributed by atoms with van der Waals surface area (Å²) in [5.41, 5.74) is -0.559. The number of fused-ring (bicyclic) bond motifs is 8. The standard InChI is InChI=1S/C18H34O5/c1-5-17(3)9-7-8-10-18(4,6-2)23-16-15(21)14(20)13(17)12(11-19)22-16/h12-16,19-21H,5-11H2,1-4H3/t12-,13?,14+,15-,16-,17?,18?/m1/s1. The first-order valence-corrected chi connectivity index (χ1v) is 9.10. The third kappa shape index (κ3) is 3.74. The fraction of sp³-hybridized carbons (Fsp3) is 1.00. The van der Waals surface area contributed by atoms with Crippen molar-refractivity contribution in [2.45, 2.75) is 96.4 Å². The molecule has 3 aliphatic heterocycles. The Balaban J connectivity index is 2.39. The van der Waals surface area contributed by atoms with Gasteiger partial charge in [-0.25, -0.2) is 0 Å². The topological polar surface area (TPSA) is 79.2 Å². The molecule has 0 radical (unpaired) electrons. The fourth-order valence-electron chi connectivity index (χ4n) is 4.25. The van der Waals surface area contributed by atoms with Crippen molar-refractivity contribution >= 4 is 0 Å². The van der Waals surface area contributed by atoms with Crippen LogP contribution in [0.25, 0.3) is 0 Å². The summed E-state index contributed by atoms with van der Waals surface area (Å²) in [6.07, 6.45) is 2.20. The van der Waals surface area contributed by atoms with Gasteiger partial charge in [-0.05, 0) is 31.6 Å². The Morgan fingerprint density at radius 3 is 2.22 bits per heavy atom. The monoisotopic (exact) mass is 330 g/mol. The van der Waals surface area contributed by atoms with Crippen LogP contribution in [0.1, 0.15) is 66.2 Å². The SMILES string of the molecule is CCC1(C)CCCCC(C)(CC)C2[C@@H](CO)O[C@H](O1)[C@H](O)[C@H]2O. The molecule has 7 atom stereocenters. The molecule has 5 nitrogen and oxygen atoms in total. The van der Waals surface area contributed by atoms with E-state index < -0.39 is 24.6 Å². The van der Waals surface area contributed by atoms with Gasteiger partial charge in [0, 0.05) is 5.92 Å². The molecule has 0 aromatic carbocycles. The largest absolute Gasteiger partial charge is 0.394 e. The molecule has 0 aromatic heterocycles. The molecule has 3 fully saturated rings. The van der Waals surface area contributed by atoms with Gasteiger partial charge >= 0.3 is 0 Å². The van der Waals surface area contributed by atoms with E-state index in [-0.39, 0.29) is 23.5 Å². The summed E-state index contributed by atoms with van der Waals surface area (Å²) < 4.78 is 12.0. The summed E-state index contributed by atoms with van der Waals surface area (Å²) in [4.78, 5) is 0. The maximum Gasteiger partial charge on any atom is 0.187 e. The molecule has 0 amide bonds. The third-order valence-electron chi connectivity index (χ3n) is 6.35. The second-order valence-electron chi connectivity index (χ2n) is 7.87. The minimum atomic E-state index is -1.09. The van der Waals surface area contributed by atoms with E-state index in [1.807, 2.05) is 6.92 Å². The Hall–Kier alpha value is -0.200. The van der Waals surface area contributed by atoms with Crippen molar-refractivity contribution < 1.29 is 24.8 Å². The van der Waals surface area contributed by atoms with Gasteiger partial charge in [0.2, 0.25) is 0 Å². The molecule has 23 heavy (non-hydrogen) atoms. The fourth-order valence-corrected chi connectivity index (χ4v) is 4.25. The number of hydrogen-bond acceptors (Lipinski definition) is 5. The van der Waals surface area contributed by atoms with Crippen molar-refractivity contribution in [1.29, 1.82) is 0 Å². The first kappa shape index (κ1) is 19.1. The average molecular weight is 330 g/mol. The van der Waals surface area contributed by atoms with Crippen LogP contribution in [0.4, 0.5) is 0 Å². The molecule has 3 aliphatic rings. The predicted molar refractivity (Wildman–Crippen MR) is 87.9 cm³/mol. The molecule has 2 bridgehead atoms. The average Bonchev–Trinajstić information content (AvgIpc) is 2.57. The van der Waals surface area contributed by atoms with Crippen molar-refractivity contribution in [2.75, 3.05) is 6.61 Å². The van der Waals surface area contributed by atoms with Crippen molar-refractivity contribution in [3.8, 4) is 0 Å². The highest BCUT2D eigenvalue weighted by molar-refractivity contribution is 4.98. The lowest BCUT2D eigenvalue weighted by molar-refractivity contribution is -0.327. The minimum absolute atomic E-state index is 0.174. The number of rotatable bonds is 3. The molecule has 0 aromatic rings. The first-order chi connectivity index (χ1) is 10.8. The van der Waals surface area contributed by atoms with Crippen LogP contribution < -0.4 is 0 Å². The van der Waals surface area contributed by atoms with Crippen LogP contribution in [-0.4, -0.2) is 52.1 Å². The van der Waals surface area contributed by atoms with E-state index in [0.29, 0.717) is 0 Å². The lowest BCUT2D eigenvalue weighted by atomic mass is 9.65. The molecule has 136 valence electrons. The predicted octanol–water partition coefficient (Wildman–Crippen LogP) is 2.22. The molecule has 0 spiro atoms. The zero-order chi connectivity index (χ0) is 17.3. The van der Waals surface area contributed by atoms with E-state index in [1.54, 1.807) is 0 Å². The molecule has 3 N–H and O–H groups in total. The smallest absolute Gasteiger partial charge is 0.187 e. The number of ether oxygens (including phenoxy) is 2. The molecule has 3 heterocycles. The number of aliphatic hydroxyl groups excluding tert-OH is 3. The highest BCUT2D eigenvalue weighted by atomic mass is 16.7. The van der Waals surface area contributed by atoms with Crippen LogP contribution >= 0.6 is 0 Å². The van der Waals surface area contributed by atoms with E-state index in [1.165, 1.54) is 0 Å². The molecule has 3 saturated heterocycles. The van der Waals surface area contributed by atoms with Crippen molar-refractivity contribution in [1.82, 2.24) is 0 Å². The Bertz CT molecular complexity index is 386. The summed E-state index contributed by atoms with van der Waals surface area (Å²) in [7, 11) is 0. The van der Waals surface area contributed by atoms with E-state index >= 15 is 0 Å². The summed E-state index contributed by atoms with van der Waals surface area (Å²) in [6.45, 7) is 8.16. The van der Waals surface area contributed by atoms with Crippen LogP contribution in [0.3, 0.4) is 0 Å². The van der Waals surface area contributed by atoms with E-state index in [9.17, 15) is 15.3 Å². The van der Waals surface area contributed by atoms with Crippen LogP contribution in [0.5, 0.6) is 0 Å². The summed E-state index contributed by atoms with van der Waals surface area (Å²) in [5.74, 6) is -0.293. The van der Waals surface area contributed by atoms with Gasteiger partial charge in [-0.1, -0.05) is 40.0 Å². The van der Waals surface area contributed by atoms with Gasteiger partial charge in [0.05, 0.1) is 24.4 Å². The lowest BCUT2D eigenvalue weighted by Gasteiger charge is -2.50. The van der Waals surface area contributed by atoms with Crippen molar-refractivity contribution in [3.05, 3.63) is 0 Å². The number of aliphatic hydroxyl groups is 3. The molecule has 0 saturated carbocycles. The molecular formula is C18H34O5. The Labute approximate surface area is 140 Å². The van der Waals surface area contributed by atoms with Crippen LogP contribution in [0, 0.1) is 11.3 Å². The minimum Gasteiger partial charge on any atom is -0.394 e. The second-order valence-corrected chi connectivity index (χ2v) is 7.87. The Morgan fingerprint density at radius 2 is 1.65 bits per heavy atom. The lowest BCUT2D eigenvalue weighted by Crippen LogP contribution is -2.61. The van der Waals surface area contributed by atoms with Crippen LogP contribution in [0.15, 0.2) is 0 Å². The van der Waals surface area contributed by atoms with Crippen molar-refractivity contribution in [3.63, 3.8) is 0 Å². The maximum absolute atomic E-state index is 10.8. The molecule has 0 aliphatic carbocycles. The highest BCUT2D eigenvalue weighted by Gasteiger charge is 2.52. The second kappa shape index (κ2) is 7.36. The number of hydrogen-bond donors (Lipinski definition) is 3. The zero-order valence-electron chi connectivity index (χ0n) is 15.0. The van der Waals surface area contributed by atoms with Gasteiger partial charge < -0.3 is 24.8 Å². The van der Waals surface area contributed by atoms with Gasteiger partial charge in [-0.3, -0.25) is 0 Å². The highest BCUT2D eigenvalue weighted by Crippen LogP contribution is 2.46. The Morgan fingerprint density at radius 1 is 1.00 bits per heavy atom. The van der Waals surface area contributed by atoms with Gasteiger partial charge in [-0.15, -0.1) is 0 Å². The van der Waals surface area contributed by atoms with E-state index in [4.69, 9.17) is 9.47 Å². The summed E-state index contributed by atoms with van der Waals surface area (Å²) in [5, 5.41) is 31.1.